The quantitative estimate of drug-likeness (QED) is 0.429. The molecule has 5 atom stereocenters. The number of fused-ring (bicyclic) bond motifs is 1. The number of rotatable bonds is 8. The van der Waals surface area contributed by atoms with Crippen LogP contribution >= 0.6 is 0 Å². The van der Waals surface area contributed by atoms with Gasteiger partial charge in [0.05, 0.1) is 19.8 Å². The first-order valence-corrected chi connectivity index (χ1v) is 11.5. The van der Waals surface area contributed by atoms with Crippen LogP contribution in [0.3, 0.4) is 0 Å². The lowest BCUT2D eigenvalue weighted by Gasteiger charge is -2.39. The molecule has 0 N–H and O–H groups in total. The summed E-state index contributed by atoms with van der Waals surface area (Å²) in [6.45, 7) is 10.2. The smallest absolute Gasteiger partial charge is 0.330 e. The Kier molecular flexibility index (Phi) is 6.96. The average Bonchev–Trinajstić information content (AvgIpc) is 3.36. The Morgan fingerprint density at radius 2 is 1.82 bits per heavy atom. The topological polar surface area (TPSA) is 81.7 Å². The van der Waals surface area contributed by atoms with E-state index in [4.69, 9.17) is 33.2 Å². The summed E-state index contributed by atoms with van der Waals surface area (Å²) in [7, 11) is 0. The first kappa shape index (κ1) is 24.3. The van der Waals surface area contributed by atoms with Crippen LogP contribution in [0.2, 0.25) is 0 Å². The second-order valence-corrected chi connectivity index (χ2v) is 9.44. The lowest BCUT2D eigenvalue weighted by molar-refractivity contribution is -0.257. The largest absolute Gasteiger partial charge is 0.463 e. The van der Waals surface area contributed by atoms with Gasteiger partial charge in [-0.15, -0.1) is 0 Å². The molecular formula is C25H34O8. The van der Waals surface area contributed by atoms with Gasteiger partial charge in [0, 0.05) is 12.5 Å². The maximum absolute atomic E-state index is 12.0. The molecule has 182 valence electrons. The fourth-order valence-corrected chi connectivity index (χ4v) is 4.63. The van der Waals surface area contributed by atoms with Crippen molar-refractivity contribution in [3.63, 3.8) is 0 Å². The van der Waals surface area contributed by atoms with Crippen LogP contribution in [0.5, 0.6) is 0 Å². The van der Waals surface area contributed by atoms with Crippen molar-refractivity contribution in [3.05, 3.63) is 48.0 Å². The van der Waals surface area contributed by atoms with Crippen LogP contribution in [0, 0.1) is 0 Å². The summed E-state index contributed by atoms with van der Waals surface area (Å²) in [5.41, 5.74) is 0.0293. The SMILES string of the molecule is CCOC(=O)/C=C/C[C@]1(OCc2ccccc2)[C@@H]([C@H]2COC(C)(C)O2)O[C@@H]2OC(C)(C)O[C@@H]21. The van der Waals surface area contributed by atoms with Crippen LogP contribution in [0.15, 0.2) is 42.5 Å². The standard InChI is InChI=1S/C25H34O8/c1-6-27-19(26)13-10-14-25(29-15-17-11-8-7-9-12-17)20(18-16-28-23(2,3)31-18)30-22-21(25)32-24(4,5)33-22/h7-13,18,20-22H,6,14-16H2,1-5H3/b13-10+/t18-,20-,21+,22-,25+/m1/s1. The van der Waals surface area contributed by atoms with Crippen LogP contribution in [0.1, 0.15) is 46.6 Å². The van der Waals surface area contributed by atoms with Gasteiger partial charge in [-0.05, 0) is 40.2 Å². The fraction of sp³-hybridized carbons (Fsp3) is 0.640. The van der Waals surface area contributed by atoms with E-state index in [1.165, 1.54) is 6.08 Å². The fourth-order valence-electron chi connectivity index (χ4n) is 4.63. The number of benzene rings is 1. The van der Waals surface area contributed by atoms with E-state index < -0.39 is 47.7 Å². The molecule has 0 bridgehead atoms. The molecule has 0 aromatic heterocycles. The van der Waals surface area contributed by atoms with Gasteiger partial charge in [-0.2, -0.15) is 0 Å². The molecule has 8 heteroatoms. The number of carbonyl (C=O) groups is 1. The third-order valence-electron chi connectivity index (χ3n) is 6.00. The van der Waals surface area contributed by atoms with E-state index in [0.717, 1.165) is 5.56 Å². The highest BCUT2D eigenvalue weighted by Crippen LogP contribution is 2.49. The lowest BCUT2D eigenvalue weighted by atomic mass is 9.85. The van der Waals surface area contributed by atoms with Gasteiger partial charge < -0.3 is 33.2 Å². The Balaban J connectivity index is 1.66. The summed E-state index contributed by atoms with van der Waals surface area (Å²) < 4.78 is 42.4. The second kappa shape index (κ2) is 9.44. The van der Waals surface area contributed by atoms with E-state index in [-0.39, 0.29) is 0 Å². The van der Waals surface area contributed by atoms with Crippen LogP contribution < -0.4 is 0 Å². The molecule has 0 radical (unpaired) electrons. The molecule has 3 aliphatic rings. The highest BCUT2D eigenvalue weighted by Gasteiger charge is 2.67. The van der Waals surface area contributed by atoms with Gasteiger partial charge in [0.2, 0.25) is 0 Å². The van der Waals surface area contributed by atoms with Crippen LogP contribution in [0.4, 0.5) is 0 Å². The van der Waals surface area contributed by atoms with Crippen molar-refractivity contribution in [2.75, 3.05) is 13.2 Å². The molecule has 3 aliphatic heterocycles. The number of esters is 1. The third-order valence-corrected chi connectivity index (χ3v) is 6.00. The van der Waals surface area contributed by atoms with Gasteiger partial charge in [0.15, 0.2) is 17.9 Å². The zero-order valence-corrected chi connectivity index (χ0v) is 19.9. The average molecular weight is 463 g/mol. The van der Waals surface area contributed by atoms with Crippen molar-refractivity contribution in [2.45, 2.75) is 89.4 Å². The number of hydrogen-bond donors (Lipinski definition) is 0. The van der Waals surface area contributed by atoms with Crippen molar-refractivity contribution in [1.29, 1.82) is 0 Å². The number of hydrogen-bond acceptors (Lipinski definition) is 8. The highest BCUT2D eigenvalue weighted by atomic mass is 16.9. The lowest BCUT2D eigenvalue weighted by Crippen LogP contribution is -2.55. The molecule has 0 saturated carbocycles. The second-order valence-electron chi connectivity index (χ2n) is 9.44. The molecule has 1 aromatic rings. The van der Waals surface area contributed by atoms with Crippen LogP contribution in [-0.2, 0) is 44.6 Å². The minimum atomic E-state index is -0.980. The van der Waals surface area contributed by atoms with Gasteiger partial charge in [0.25, 0.3) is 0 Å². The molecule has 0 unspecified atom stereocenters. The third kappa shape index (κ3) is 5.31. The van der Waals surface area contributed by atoms with Crippen molar-refractivity contribution >= 4 is 5.97 Å². The van der Waals surface area contributed by atoms with Gasteiger partial charge >= 0.3 is 5.97 Å². The van der Waals surface area contributed by atoms with Crippen molar-refractivity contribution in [3.8, 4) is 0 Å². The van der Waals surface area contributed by atoms with E-state index in [9.17, 15) is 4.79 Å². The Morgan fingerprint density at radius 3 is 2.48 bits per heavy atom. The number of carbonyl (C=O) groups excluding carboxylic acids is 1. The summed E-state index contributed by atoms with van der Waals surface area (Å²) in [6, 6.07) is 9.89. The van der Waals surface area contributed by atoms with E-state index in [1.807, 2.05) is 58.0 Å². The Bertz CT molecular complexity index is 851. The maximum Gasteiger partial charge on any atom is 0.330 e. The molecule has 8 nitrogen and oxygen atoms in total. The monoisotopic (exact) mass is 462 g/mol. The molecule has 3 fully saturated rings. The molecule has 0 aliphatic carbocycles. The molecule has 3 saturated heterocycles. The van der Waals surface area contributed by atoms with Crippen LogP contribution in [0.25, 0.3) is 0 Å². The zero-order chi connectivity index (χ0) is 23.7. The van der Waals surface area contributed by atoms with E-state index in [0.29, 0.717) is 26.2 Å². The molecular weight excluding hydrogens is 428 g/mol. The summed E-state index contributed by atoms with van der Waals surface area (Å²) in [5.74, 6) is -1.98. The summed E-state index contributed by atoms with van der Waals surface area (Å²) in [5, 5.41) is 0. The van der Waals surface area contributed by atoms with E-state index >= 15 is 0 Å². The molecule has 33 heavy (non-hydrogen) atoms. The van der Waals surface area contributed by atoms with Crippen molar-refractivity contribution in [1.82, 2.24) is 0 Å². The molecule has 1 aromatic carbocycles. The summed E-state index contributed by atoms with van der Waals surface area (Å²) in [4.78, 5) is 12.0. The first-order valence-electron chi connectivity index (χ1n) is 11.5. The first-order chi connectivity index (χ1) is 15.6. The Hall–Kier alpha value is -1.81. The Labute approximate surface area is 195 Å². The number of ether oxygens (including phenoxy) is 7. The zero-order valence-electron chi connectivity index (χ0n) is 19.9. The minimum absolute atomic E-state index is 0.308. The predicted molar refractivity (Wildman–Crippen MR) is 118 cm³/mol. The van der Waals surface area contributed by atoms with Gasteiger partial charge in [-0.25, -0.2) is 4.79 Å². The minimum Gasteiger partial charge on any atom is -0.463 e. The maximum atomic E-state index is 12.0. The molecule has 4 rings (SSSR count). The molecule has 0 amide bonds. The van der Waals surface area contributed by atoms with Gasteiger partial charge in [-0.3, -0.25) is 0 Å². The van der Waals surface area contributed by atoms with Gasteiger partial charge in [0.1, 0.15) is 23.9 Å². The molecule has 3 heterocycles. The van der Waals surface area contributed by atoms with Crippen molar-refractivity contribution < 1.29 is 38.0 Å². The normalized spacial score (nSPS) is 34.6. The molecule has 0 spiro atoms. The van der Waals surface area contributed by atoms with Crippen LogP contribution in [-0.4, -0.2) is 61.0 Å². The van der Waals surface area contributed by atoms with E-state index in [2.05, 4.69) is 0 Å². The van der Waals surface area contributed by atoms with Crippen molar-refractivity contribution in [2.24, 2.45) is 0 Å². The van der Waals surface area contributed by atoms with Gasteiger partial charge in [-0.1, -0.05) is 36.4 Å². The predicted octanol–water partition coefficient (Wildman–Crippen LogP) is 3.48. The summed E-state index contributed by atoms with van der Waals surface area (Å²) in [6.07, 6.45) is 1.40. The highest BCUT2D eigenvalue weighted by molar-refractivity contribution is 5.81. The Morgan fingerprint density at radius 1 is 1.06 bits per heavy atom. The summed E-state index contributed by atoms with van der Waals surface area (Å²) >= 11 is 0. The van der Waals surface area contributed by atoms with E-state index in [1.54, 1.807) is 13.0 Å².